The largest absolute Gasteiger partial charge is 0.330 e. The summed E-state index contributed by atoms with van der Waals surface area (Å²) in [6.45, 7) is 9.92. The van der Waals surface area contributed by atoms with Gasteiger partial charge in [0.25, 0.3) is 0 Å². The van der Waals surface area contributed by atoms with Gasteiger partial charge in [-0.15, -0.1) is 0 Å². The molecule has 0 aliphatic heterocycles. The standard InChI is InChI=1S/C10H23N/c1-8(2)5-6-10(7-11)9(3)4/h8-10H,5-7,11H2,1-4H3/t10-/m0/s1. The summed E-state index contributed by atoms with van der Waals surface area (Å²) in [5, 5.41) is 0. The van der Waals surface area contributed by atoms with Crippen LogP contribution in [0.3, 0.4) is 0 Å². The molecule has 0 heterocycles. The molecule has 1 heteroatoms. The maximum atomic E-state index is 5.66. The average Bonchev–Trinajstić information content (AvgIpc) is 1.87. The molecule has 0 bridgehead atoms. The van der Waals surface area contributed by atoms with E-state index in [2.05, 4.69) is 27.7 Å². The first-order valence-electron chi connectivity index (χ1n) is 4.78. The van der Waals surface area contributed by atoms with Crippen LogP contribution in [0.4, 0.5) is 0 Å². The van der Waals surface area contributed by atoms with E-state index in [9.17, 15) is 0 Å². The van der Waals surface area contributed by atoms with E-state index in [4.69, 9.17) is 5.73 Å². The summed E-state index contributed by atoms with van der Waals surface area (Å²) in [5.41, 5.74) is 5.66. The molecular weight excluding hydrogens is 134 g/mol. The van der Waals surface area contributed by atoms with Crippen molar-refractivity contribution >= 4 is 0 Å². The molecule has 0 radical (unpaired) electrons. The number of hydrogen-bond donors (Lipinski definition) is 1. The molecule has 0 aliphatic rings. The molecule has 0 fully saturated rings. The number of hydrogen-bond acceptors (Lipinski definition) is 1. The molecule has 11 heavy (non-hydrogen) atoms. The van der Waals surface area contributed by atoms with Gasteiger partial charge in [0.1, 0.15) is 0 Å². The summed E-state index contributed by atoms with van der Waals surface area (Å²) in [6, 6.07) is 0. The molecule has 0 rings (SSSR count). The lowest BCUT2D eigenvalue weighted by Gasteiger charge is -2.19. The third-order valence-corrected chi connectivity index (χ3v) is 2.36. The van der Waals surface area contributed by atoms with Crippen LogP contribution in [0.2, 0.25) is 0 Å². The van der Waals surface area contributed by atoms with Crippen molar-refractivity contribution in [1.29, 1.82) is 0 Å². The van der Waals surface area contributed by atoms with E-state index in [1.165, 1.54) is 12.8 Å². The molecule has 0 aromatic rings. The predicted octanol–water partition coefficient (Wildman–Crippen LogP) is 2.65. The molecule has 0 aromatic heterocycles. The Labute approximate surface area is 71.4 Å². The van der Waals surface area contributed by atoms with Gasteiger partial charge in [-0.1, -0.05) is 34.1 Å². The van der Waals surface area contributed by atoms with Crippen molar-refractivity contribution in [2.75, 3.05) is 6.54 Å². The van der Waals surface area contributed by atoms with Crippen LogP contribution < -0.4 is 5.73 Å². The topological polar surface area (TPSA) is 26.0 Å². The molecule has 0 saturated heterocycles. The van der Waals surface area contributed by atoms with E-state index in [1.54, 1.807) is 0 Å². The highest BCUT2D eigenvalue weighted by atomic mass is 14.5. The first-order valence-corrected chi connectivity index (χ1v) is 4.78. The van der Waals surface area contributed by atoms with Crippen molar-refractivity contribution in [2.45, 2.75) is 40.5 Å². The van der Waals surface area contributed by atoms with E-state index in [1.807, 2.05) is 0 Å². The van der Waals surface area contributed by atoms with Crippen molar-refractivity contribution in [3.63, 3.8) is 0 Å². The maximum Gasteiger partial charge on any atom is -0.00464 e. The van der Waals surface area contributed by atoms with E-state index in [-0.39, 0.29) is 0 Å². The van der Waals surface area contributed by atoms with Crippen LogP contribution >= 0.6 is 0 Å². The highest BCUT2D eigenvalue weighted by Crippen LogP contribution is 2.18. The SMILES string of the molecule is CC(C)CC[C@@H](CN)C(C)C. The fourth-order valence-electron chi connectivity index (χ4n) is 1.27. The number of nitrogens with two attached hydrogens (primary N) is 1. The second kappa shape index (κ2) is 5.59. The second-order valence-electron chi connectivity index (χ2n) is 4.21. The van der Waals surface area contributed by atoms with Crippen molar-refractivity contribution in [3.8, 4) is 0 Å². The quantitative estimate of drug-likeness (QED) is 0.652. The van der Waals surface area contributed by atoms with Gasteiger partial charge in [0, 0.05) is 0 Å². The Bertz CT molecular complexity index is 86.9. The average molecular weight is 157 g/mol. The summed E-state index contributed by atoms with van der Waals surface area (Å²) in [7, 11) is 0. The Kier molecular flexibility index (Phi) is 5.57. The fourth-order valence-corrected chi connectivity index (χ4v) is 1.27. The highest BCUT2D eigenvalue weighted by molar-refractivity contribution is 4.64. The zero-order chi connectivity index (χ0) is 8.85. The lowest BCUT2D eigenvalue weighted by molar-refractivity contribution is 0.339. The Morgan fingerprint density at radius 2 is 1.55 bits per heavy atom. The molecule has 0 amide bonds. The minimum absolute atomic E-state index is 0.734. The van der Waals surface area contributed by atoms with Gasteiger partial charge in [-0.2, -0.15) is 0 Å². The van der Waals surface area contributed by atoms with Crippen LogP contribution in [0.5, 0.6) is 0 Å². The monoisotopic (exact) mass is 157 g/mol. The van der Waals surface area contributed by atoms with E-state index >= 15 is 0 Å². The molecule has 0 aromatic carbocycles. The highest BCUT2D eigenvalue weighted by Gasteiger charge is 2.11. The summed E-state index contributed by atoms with van der Waals surface area (Å²) in [4.78, 5) is 0. The third-order valence-electron chi connectivity index (χ3n) is 2.36. The van der Waals surface area contributed by atoms with Crippen LogP contribution in [0.1, 0.15) is 40.5 Å². The van der Waals surface area contributed by atoms with Gasteiger partial charge in [0.2, 0.25) is 0 Å². The molecule has 0 aliphatic carbocycles. The van der Waals surface area contributed by atoms with Gasteiger partial charge >= 0.3 is 0 Å². The Balaban J connectivity index is 3.52. The van der Waals surface area contributed by atoms with Crippen molar-refractivity contribution < 1.29 is 0 Å². The van der Waals surface area contributed by atoms with Gasteiger partial charge in [-0.3, -0.25) is 0 Å². The van der Waals surface area contributed by atoms with Crippen LogP contribution in [-0.4, -0.2) is 6.54 Å². The van der Waals surface area contributed by atoms with E-state index in [0.29, 0.717) is 0 Å². The minimum atomic E-state index is 0.734. The normalized spacial score (nSPS) is 14.5. The summed E-state index contributed by atoms with van der Waals surface area (Å²) in [6.07, 6.45) is 2.62. The van der Waals surface area contributed by atoms with E-state index in [0.717, 1.165) is 24.3 Å². The van der Waals surface area contributed by atoms with Crippen molar-refractivity contribution in [2.24, 2.45) is 23.5 Å². The number of rotatable bonds is 5. The smallest absolute Gasteiger partial charge is 0.00464 e. The Morgan fingerprint density at radius 3 is 1.82 bits per heavy atom. The van der Waals surface area contributed by atoms with Gasteiger partial charge < -0.3 is 5.73 Å². The first-order chi connectivity index (χ1) is 5.07. The van der Waals surface area contributed by atoms with Gasteiger partial charge in [0.15, 0.2) is 0 Å². The second-order valence-corrected chi connectivity index (χ2v) is 4.21. The molecule has 0 spiro atoms. The summed E-state index contributed by atoms with van der Waals surface area (Å²) >= 11 is 0. The lowest BCUT2D eigenvalue weighted by Crippen LogP contribution is -2.20. The van der Waals surface area contributed by atoms with Crippen molar-refractivity contribution in [3.05, 3.63) is 0 Å². The lowest BCUT2D eigenvalue weighted by atomic mass is 9.89. The molecule has 0 saturated carbocycles. The van der Waals surface area contributed by atoms with Gasteiger partial charge in [0.05, 0.1) is 0 Å². The third kappa shape index (κ3) is 5.25. The molecule has 1 atom stereocenters. The predicted molar refractivity (Wildman–Crippen MR) is 51.5 cm³/mol. The van der Waals surface area contributed by atoms with Crippen LogP contribution in [0.15, 0.2) is 0 Å². The summed E-state index contributed by atoms with van der Waals surface area (Å²) in [5.74, 6) is 2.30. The minimum Gasteiger partial charge on any atom is -0.330 e. The fraction of sp³-hybridized carbons (Fsp3) is 1.00. The Hall–Kier alpha value is -0.0400. The van der Waals surface area contributed by atoms with E-state index < -0.39 is 0 Å². The molecular formula is C10H23N. The summed E-state index contributed by atoms with van der Waals surface area (Å²) < 4.78 is 0. The molecule has 2 N–H and O–H groups in total. The Morgan fingerprint density at radius 1 is 1.00 bits per heavy atom. The van der Waals surface area contributed by atoms with Crippen LogP contribution in [-0.2, 0) is 0 Å². The van der Waals surface area contributed by atoms with Gasteiger partial charge in [-0.05, 0) is 30.7 Å². The molecule has 1 nitrogen and oxygen atoms in total. The van der Waals surface area contributed by atoms with Crippen molar-refractivity contribution in [1.82, 2.24) is 0 Å². The first kappa shape index (κ1) is 11.0. The van der Waals surface area contributed by atoms with Crippen LogP contribution in [0.25, 0.3) is 0 Å². The zero-order valence-electron chi connectivity index (χ0n) is 8.43. The zero-order valence-corrected chi connectivity index (χ0v) is 8.43. The molecule has 68 valence electrons. The molecule has 0 unspecified atom stereocenters. The van der Waals surface area contributed by atoms with Crippen LogP contribution in [0, 0.1) is 17.8 Å². The maximum absolute atomic E-state index is 5.66. The van der Waals surface area contributed by atoms with Gasteiger partial charge in [-0.25, -0.2) is 0 Å².